The zero-order valence-corrected chi connectivity index (χ0v) is 15.8. The average Bonchev–Trinajstić information content (AvgIpc) is 3.07. The van der Waals surface area contributed by atoms with Crippen molar-refractivity contribution in [2.75, 3.05) is 26.2 Å². The van der Waals surface area contributed by atoms with Crippen LogP contribution in [0.1, 0.15) is 25.8 Å². The number of guanidine groups is 1. The van der Waals surface area contributed by atoms with Crippen LogP contribution in [0.25, 0.3) is 0 Å². The average molecular weight is 359 g/mol. The second kappa shape index (κ2) is 9.82. The first-order valence-electron chi connectivity index (χ1n) is 8.93. The molecule has 1 aromatic carbocycles. The largest absolute Gasteiger partial charge is 0.494 e. The monoisotopic (exact) mass is 359 g/mol. The van der Waals surface area contributed by atoms with Gasteiger partial charge >= 0.3 is 0 Å². The van der Waals surface area contributed by atoms with Crippen LogP contribution in [-0.2, 0) is 12.6 Å². The van der Waals surface area contributed by atoms with E-state index in [2.05, 4.69) is 20.7 Å². The van der Waals surface area contributed by atoms with E-state index in [4.69, 9.17) is 4.74 Å². The van der Waals surface area contributed by atoms with E-state index in [1.54, 1.807) is 24.0 Å². The molecular formula is C19H29N5O2. The highest BCUT2D eigenvalue weighted by Gasteiger charge is 2.24. The van der Waals surface area contributed by atoms with E-state index in [0.717, 1.165) is 30.8 Å². The summed E-state index contributed by atoms with van der Waals surface area (Å²) in [6, 6.07) is 9.77. The van der Waals surface area contributed by atoms with Crippen molar-refractivity contribution in [2.45, 2.75) is 25.9 Å². The van der Waals surface area contributed by atoms with Gasteiger partial charge in [0.2, 0.25) is 0 Å². The smallest absolute Gasteiger partial charge is 0.191 e. The third-order valence-corrected chi connectivity index (χ3v) is 3.84. The molecule has 142 valence electrons. The standard InChI is InChI=1S/C19H29N5O2/c1-4-20-18(21-11-8-12-26-17-9-6-5-7-10-17)22-15-19(2,25)16-13-23-24(3)14-16/h5-7,9-10,13-14,25H,4,8,11-12,15H2,1-3H3,(H2,20,21,22). The summed E-state index contributed by atoms with van der Waals surface area (Å²) in [4.78, 5) is 4.49. The summed E-state index contributed by atoms with van der Waals surface area (Å²) >= 11 is 0. The minimum absolute atomic E-state index is 0.245. The lowest BCUT2D eigenvalue weighted by molar-refractivity contribution is 0.0672. The molecule has 0 fully saturated rings. The first-order valence-corrected chi connectivity index (χ1v) is 8.93. The van der Waals surface area contributed by atoms with Gasteiger partial charge in [-0.1, -0.05) is 18.2 Å². The maximum atomic E-state index is 10.6. The van der Waals surface area contributed by atoms with Crippen molar-refractivity contribution in [3.8, 4) is 5.75 Å². The summed E-state index contributed by atoms with van der Waals surface area (Å²) < 4.78 is 7.34. The summed E-state index contributed by atoms with van der Waals surface area (Å²) in [6.07, 6.45) is 4.31. The molecule has 0 aliphatic carbocycles. The molecule has 0 bridgehead atoms. The Morgan fingerprint density at radius 2 is 2.08 bits per heavy atom. The maximum absolute atomic E-state index is 10.6. The molecule has 2 rings (SSSR count). The van der Waals surface area contributed by atoms with Gasteiger partial charge in [-0.2, -0.15) is 5.10 Å². The van der Waals surface area contributed by atoms with E-state index in [-0.39, 0.29) is 6.54 Å². The number of aromatic nitrogens is 2. The van der Waals surface area contributed by atoms with Crippen molar-refractivity contribution in [1.29, 1.82) is 0 Å². The van der Waals surface area contributed by atoms with Crippen LogP contribution in [-0.4, -0.2) is 47.1 Å². The van der Waals surface area contributed by atoms with Gasteiger partial charge in [0.05, 0.1) is 19.3 Å². The molecule has 0 radical (unpaired) electrons. The fourth-order valence-electron chi connectivity index (χ4n) is 2.35. The third kappa shape index (κ3) is 6.40. The quantitative estimate of drug-likeness (QED) is 0.360. The fraction of sp³-hybridized carbons (Fsp3) is 0.474. The van der Waals surface area contributed by atoms with Crippen LogP contribution in [0, 0.1) is 0 Å². The van der Waals surface area contributed by atoms with Crippen LogP contribution < -0.4 is 15.4 Å². The van der Waals surface area contributed by atoms with Crippen LogP contribution in [0.3, 0.4) is 0 Å². The van der Waals surface area contributed by atoms with Crippen LogP contribution in [0.4, 0.5) is 0 Å². The van der Waals surface area contributed by atoms with E-state index in [1.165, 1.54) is 0 Å². The van der Waals surface area contributed by atoms with E-state index in [0.29, 0.717) is 12.6 Å². The number of nitrogens with one attached hydrogen (secondary N) is 2. The number of aliphatic hydroxyl groups is 1. The molecule has 1 heterocycles. The normalized spacial score (nSPS) is 13.9. The minimum Gasteiger partial charge on any atom is -0.494 e. The van der Waals surface area contributed by atoms with Gasteiger partial charge in [-0.05, 0) is 32.4 Å². The molecule has 1 unspecified atom stereocenters. The Labute approximate surface area is 155 Å². The van der Waals surface area contributed by atoms with Gasteiger partial charge in [-0.3, -0.25) is 4.68 Å². The summed E-state index contributed by atoms with van der Waals surface area (Å²) in [7, 11) is 1.83. The van der Waals surface area contributed by atoms with Crippen LogP contribution in [0.2, 0.25) is 0 Å². The van der Waals surface area contributed by atoms with E-state index < -0.39 is 5.60 Å². The van der Waals surface area contributed by atoms with Crippen molar-refractivity contribution in [2.24, 2.45) is 12.0 Å². The Morgan fingerprint density at radius 3 is 2.73 bits per heavy atom. The molecule has 0 saturated heterocycles. The predicted octanol–water partition coefficient (Wildman–Crippen LogP) is 1.65. The highest BCUT2D eigenvalue weighted by Crippen LogP contribution is 2.19. The SMILES string of the molecule is CCNC(=NCC(C)(O)c1cnn(C)c1)NCCCOc1ccccc1. The Hall–Kier alpha value is -2.54. The molecule has 0 amide bonds. The molecule has 7 nitrogen and oxygen atoms in total. The Kier molecular flexibility index (Phi) is 7.47. The molecule has 0 aliphatic rings. The molecule has 0 saturated carbocycles. The van der Waals surface area contributed by atoms with Crippen molar-refractivity contribution in [3.05, 3.63) is 48.3 Å². The Morgan fingerprint density at radius 1 is 1.31 bits per heavy atom. The molecule has 26 heavy (non-hydrogen) atoms. The number of benzene rings is 1. The summed E-state index contributed by atoms with van der Waals surface area (Å²) in [6.45, 7) is 6.10. The van der Waals surface area contributed by atoms with E-state index in [9.17, 15) is 5.11 Å². The van der Waals surface area contributed by atoms with Crippen molar-refractivity contribution in [1.82, 2.24) is 20.4 Å². The first-order chi connectivity index (χ1) is 12.5. The topological polar surface area (TPSA) is 83.7 Å². The molecule has 1 aromatic heterocycles. The maximum Gasteiger partial charge on any atom is 0.191 e. The number of aryl methyl sites for hydroxylation is 1. The Balaban J connectivity index is 1.78. The fourth-order valence-corrected chi connectivity index (χ4v) is 2.35. The molecule has 3 N–H and O–H groups in total. The van der Waals surface area contributed by atoms with Gasteiger partial charge in [0.1, 0.15) is 11.4 Å². The molecule has 2 aromatic rings. The summed E-state index contributed by atoms with van der Waals surface area (Å²) in [5.74, 6) is 1.55. The van der Waals surface area contributed by atoms with Crippen molar-refractivity contribution >= 4 is 5.96 Å². The number of hydrogen-bond acceptors (Lipinski definition) is 4. The predicted molar refractivity (Wildman–Crippen MR) is 103 cm³/mol. The highest BCUT2D eigenvalue weighted by atomic mass is 16.5. The lowest BCUT2D eigenvalue weighted by atomic mass is 10.0. The van der Waals surface area contributed by atoms with Gasteiger partial charge < -0.3 is 20.5 Å². The molecule has 0 spiro atoms. The number of hydrogen-bond donors (Lipinski definition) is 3. The lowest BCUT2D eigenvalue weighted by Crippen LogP contribution is -2.39. The van der Waals surface area contributed by atoms with Gasteiger partial charge in [0.25, 0.3) is 0 Å². The van der Waals surface area contributed by atoms with E-state index in [1.807, 2.05) is 44.3 Å². The molecular weight excluding hydrogens is 330 g/mol. The number of para-hydroxylation sites is 1. The van der Waals surface area contributed by atoms with Gasteiger partial charge in [-0.15, -0.1) is 0 Å². The second-order valence-corrected chi connectivity index (χ2v) is 6.31. The van der Waals surface area contributed by atoms with Crippen molar-refractivity contribution in [3.63, 3.8) is 0 Å². The molecule has 0 aliphatic heterocycles. The number of rotatable bonds is 9. The van der Waals surface area contributed by atoms with Gasteiger partial charge in [-0.25, -0.2) is 4.99 Å². The second-order valence-electron chi connectivity index (χ2n) is 6.31. The third-order valence-electron chi connectivity index (χ3n) is 3.84. The van der Waals surface area contributed by atoms with Crippen LogP contribution in [0.15, 0.2) is 47.7 Å². The molecule has 7 heteroatoms. The first kappa shape index (κ1) is 19.8. The minimum atomic E-state index is -1.06. The zero-order chi connectivity index (χ0) is 18.8. The van der Waals surface area contributed by atoms with Gasteiger partial charge in [0.15, 0.2) is 5.96 Å². The van der Waals surface area contributed by atoms with Crippen molar-refractivity contribution < 1.29 is 9.84 Å². The number of nitrogens with zero attached hydrogens (tertiary/aromatic N) is 3. The zero-order valence-electron chi connectivity index (χ0n) is 15.8. The Bertz CT molecular complexity index is 682. The van der Waals surface area contributed by atoms with Crippen LogP contribution in [0.5, 0.6) is 5.75 Å². The lowest BCUT2D eigenvalue weighted by Gasteiger charge is -2.20. The van der Waals surface area contributed by atoms with Crippen LogP contribution >= 0.6 is 0 Å². The molecule has 1 atom stereocenters. The number of aliphatic imine (C=N–C) groups is 1. The number of ether oxygens (including phenoxy) is 1. The highest BCUT2D eigenvalue weighted by molar-refractivity contribution is 5.79. The summed E-state index contributed by atoms with van der Waals surface area (Å²) in [5.41, 5.74) is -0.316. The van der Waals surface area contributed by atoms with E-state index >= 15 is 0 Å². The van der Waals surface area contributed by atoms with Gasteiger partial charge in [0, 0.05) is 31.9 Å². The summed E-state index contributed by atoms with van der Waals surface area (Å²) in [5, 5.41) is 21.2.